The second-order valence-corrected chi connectivity index (χ2v) is 20.9. The number of carbonyl (C=O) groups excluding carboxylic acids is 4. The van der Waals surface area contributed by atoms with E-state index in [1.54, 1.807) is 76.2 Å². The lowest BCUT2D eigenvalue weighted by atomic mass is 9.80. The molecule has 1 saturated heterocycles. The molecule has 0 aliphatic carbocycles. The third kappa shape index (κ3) is 18.5. The number of hydrogen-bond donors (Lipinski definition) is 4. The summed E-state index contributed by atoms with van der Waals surface area (Å²) in [6, 6.07) is 41.6. The topological polar surface area (TPSA) is 268 Å². The Bertz CT molecular complexity index is 3300. The van der Waals surface area contributed by atoms with Gasteiger partial charge < -0.3 is 40.1 Å². The van der Waals surface area contributed by atoms with Gasteiger partial charge in [-0.15, -0.1) is 24.8 Å². The molecule has 5 aromatic rings. The molecule has 0 bridgehead atoms. The first kappa shape index (κ1) is 70.0. The number of allylic oxidation sites excluding steroid dienone is 3. The summed E-state index contributed by atoms with van der Waals surface area (Å²) in [6.07, 6.45) is 0. The van der Waals surface area contributed by atoms with Crippen molar-refractivity contribution >= 4 is 76.1 Å². The summed E-state index contributed by atoms with van der Waals surface area (Å²) in [4.78, 5) is 67.7. The molecule has 0 radical (unpaired) electrons. The summed E-state index contributed by atoms with van der Waals surface area (Å²) >= 11 is 6.42. The van der Waals surface area contributed by atoms with Crippen molar-refractivity contribution in [3.05, 3.63) is 222 Å². The number of halogens is 3. The largest absolute Gasteiger partial charge is 0.466 e. The molecular weight excluding hydrogens is 1180 g/mol. The first-order valence-electron chi connectivity index (χ1n) is 26.6. The molecule has 456 valence electrons. The first-order valence-corrected chi connectivity index (χ1v) is 28.4. The summed E-state index contributed by atoms with van der Waals surface area (Å²) in [7, 11) is -1.45. The van der Waals surface area contributed by atoms with E-state index in [0.717, 1.165) is 26.2 Å². The van der Waals surface area contributed by atoms with Gasteiger partial charge in [-0.3, -0.25) is 24.5 Å². The van der Waals surface area contributed by atoms with Gasteiger partial charge in [0.1, 0.15) is 6.61 Å². The summed E-state index contributed by atoms with van der Waals surface area (Å²) in [5.74, 6) is -3.96. The molecule has 0 saturated carbocycles. The smallest absolute Gasteiger partial charge is 0.336 e. The van der Waals surface area contributed by atoms with Crippen molar-refractivity contribution in [2.24, 2.45) is 5.73 Å². The number of ether oxygens (including phenoxy) is 5. The lowest BCUT2D eigenvalue weighted by Gasteiger charge is -2.39. The van der Waals surface area contributed by atoms with Crippen LogP contribution in [0.1, 0.15) is 67.8 Å². The number of esters is 4. The van der Waals surface area contributed by atoms with Crippen LogP contribution in [0.5, 0.6) is 0 Å². The van der Waals surface area contributed by atoms with Crippen molar-refractivity contribution < 1.29 is 60.8 Å². The lowest BCUT2D eigenvalue weighted by molar-refractivity contribution is -0.384. The Morgan fingerprint density at radius 2 is 1.19 bits per heavy atom. The van der Waals surface area contributed by atoms with E-state index in [0.29, 0.717) is 64.2 Å². The van der Waals surface area contributed by atoms with Crippen LogP contribution in [0.25, 0.3) is 0 Å². The number of nitrogens with two attached hydrogens (primary N) is 1. The number of dihydropyridines is 2. The Morgan fingerprint density at radius 1 is 0.682 bits per heavy atom. The van der Waals surface area contributed by atoms with E-state index in [1.807, 2.05) is 12.1 Å². The van der Waals surface area contributed by atoms with Gasteiger partial charge in [0.25, 0.3) is 15.8 Å². The van der Waals surface area contributed by atoms with E-state index >= 15 is 0 Å². The summed E-state index contributed by atoms with van der Waals surface area (Å²) in [6.45, 7) is 11.9. The van der Waals surface area contributed by atoms with Crippen LogP contribution in [0.4, 0.5) is 5.69 Å². The Hall–Kier alpha value is -7.44. The zero-order chi connectivity index (χ0) is 60.2. The van der Waals surface area contributed by atoms with Crippen molar-refractivity contribution in [1.29, 1.82) is 0 Å². The third-order valence-corrected chi connectivity index (χ3v) is 15.0. The van der Waals surface area contributed by atoms with Crippen LogP contribution >= 0.6 is 36.4 Å². The van der Waals surface area contributed by atoms with Gasteiger partial charge in [-0.2, -0.15) is 8.42 Å². The van der Waals surface area contributed by atoms with E-state index < -0.39 is 50.8 Å². The van der Waals surface area contributed by atoms with E-state index in [2.05, 4.69) is 69.0 Å². The number of non-ortho nitro benzene ring substituents is 1. The van der Waals surface area contributed by atoms with Crippen LogP contribution in [0.3, 0.4) is 0 Å². The number of nitrogens with zero attached hydrogens (tertiary/aromatic N) is 3. The predicted molar refractivity (Wildman–Crippen MR) is 326 cm³/mol. The molecule has 20 nitrogen and oxygen atoms in total. The van der Waals surface area contributed by atoms with Gasteiger partial charge in [0.05, 0.1) is 89.7 Å². The van der Waals surface area contributed by atoms with Crippen LogP contribution in [-0.4, -0.2) is 131 Å². The quantitative estimate of drug-likeness (QED) is 0.0150. The third-order valence-electron chi connectivity index (χ3n) is 13.8. The second-order valence-electron chi connectivity index (χ2n) is 19.1. The maximum atomic E-state index is 13.6. The maximum absolute atomic E-state index is 13.6. The number of hydrogen-bond acceptors (Lipinski definition) is 18. The average Bonchev–Trinajstić information content (AvgIpc) is 1.61. The minimum Gasteiger partial charge on any atom is -0.466 e. The molecule has 2 atom stereocenters. The minimum atomic E-state index is -4.00. The number of carbonyl (C=O) groups is 4. The SMILES string of the molecule is CCOC(=O)C1=C(COCCN)NC(C)=C(C(=O)OC)C1c1ccccc1Cl.COC(=O)C1=C(C)NC(C)=C(C(=O)OCCN2CCN(C(c3ccccc3)c3ccccc3)CC2)C1c1cccc([N+](=O)[O-])c1.Cl.Cl.O=S(=O)(O)c1ccccc1. The fourth-order valence-electron chi connectivity index (χ4n) is 9.98. The maximum Gasteiger partial charge on any atom is 0.336 e. The van der Waals surface area contributed by atoms with Gasteiger partial charge in [-0.25, -0.2) is 19.2 Å². The summed E-state index contributed by atoms with van der Waals surface area (Å²) < 4.78 is 55.9. The van der Waals surface area contributed by atoms with Crippen molar-refractivity contribution in [2.45, 2.75) is 50.5 Å². The highest BCUT2D eigenvalue weighted by Crippen LogP contribution is 2.43. The molecule has 3 aliphatic heterocycles. The Labute approximate surface area is 512 Å². The molecule has 0 aromatic heterocycles. The molecule has 8 rings (SSSR count). The highest BCUT2D eigenvalue weighted by Gasteiger charge is 2.41. The average molecular weight is 1250 g/mol. The highest BCUT2D eigenvalue weighted by molar-refractivity contribution is 7.85. The monoisotopic (exact) mass is 1250 g/mol. The van der Waals surface area contributed by atoms with Gasteiger partial charge in [-0.05, 0) is 68.1 Å². The first-order chi connectivity index (χ1) is 39.8. The van der Waals surface area contributed by atoms with Gasteiger partial charge in [0, 0.05) is 73.5 Å². The van der Waals surface area contributed by atoms with Gasteiger partial charge in [-0.1, -0.05) is 121 Å². The van der Waals surface area contributed by atoms with E-state index in [9.17, 15) is 37.7 Å². The zero-order valence-electron chi connectivity index (χ0n) is 47.9. The molecule has 3 heterocycles. The number of nitro benzene ring substituents is 1. The summed E-state index contributed by atoms with van der Waals surface area (Å²) in [5, 5.41) is 18.1. The van der Waals surface area contributed by atoms with E-state index in [1.165, 1.54) is 55.7 Å². The number of nitro groups is 1. The fraction of sp³-hybridized carbons (Fsp3) is 0.311. The second kappa shape index (κ2) is 33.9. The molecule has 3 aliphatic rings. The molecule has 5 aromatic carbocycles. The molecule has 2 unspecified atom stereocenters. The molecule has 0 spiro atoms. The van der Waals surface area contributed by atoms with Gasteiger partial charge in [0.15, 0.2) is 0 Å². The van der Waals surface area contributed by atoms with Gasteiger partial charge in [0.2, 0.25) is 0 Å². The zero-order valence-corrected chi connectivity index (χ0v) is 51.1. The minimum absolute atomic E-state index is 0. The lowest BCUT2D eigenvalue weighted by Crippen LogP contribution is -2.48. The fourth-order valence-corrected chi connectivity index (χ4v) is 10.7. The highest BCUT2D eigenvalue weighted by atomic mass is 35.5. The standard InChI is InChI=1S/C35H38N4O6.C20H25ClN2O5.C6H6O3S.2ClH/c1-24-30(34(40)44-3)32(28-15-10-16-29(23-28)39(42)43)31(25(2)36-24)35(41)45-22-21-37-17-19-38(20-18-37)33(26-11-6-4-7-12-26)27-13-8-5-9-14-27;1-4-28-20(25)18-15(11-27-10-9-22)23-12(2)16(19(24)26-3)17(18)13-7-5-6-8-14(13)21;7-10(8,9)6-4-2-1-3-5-6;;/h4-16,23,32-33,36H,17-22H2,1-3H3;5-8,17,23H,4,9-11,22H2,1-3H3;1-5H,(H,7,8,9);2*1H. The van der Waals surface area contributed by atoms with Crippen molar-refractivity contribution in [3.63, 3.8) is 0 Å². The number of rotatable bonds is 19. The van der Waals surface area contributed by atoms with Gasteiger partial charge >= 0.3 is 23.9 Å². The molecule has 85 heavy (non-hydrogen) atoms. The predicted octanol–water partition coefficient (Wildman–Crippen LogP) is 9.00. The normalized spacial score (nSPS) is 16.2. The van der Waals surface area contributed by atoms with Crippen molar-refractivity contribution in [2.75, 3.05) is 79.9 Å². The Balaban J connectivity index is 0.000000329. The van der Waals surface area contributed by atoms with Crippen LogP contribution in [0.15, 0.2) is 190 Å². The number of nitrogens with one attached hydrogen (secondary N) is 2. The van der Waals surface area contributed by atoms with E-state index in [4.69, 9.17) is 45.6 Å². The Kier molecular flexibility index (Phi) is 27.9. The van der Waals surface area contributed by atoms with E-state index in [-0.39, 0.29) is 78.0 Å². The van der Waals surface area contributed by atoms with Crippen molar-refractivity contribution in [1.82, 2.24) is 20.4 Å². The van der Waals surface area contributed by atoms with Crippen LogP contribution < -0.4 is 16.4 Å². The summed E-state index contributed by atoms with van der Waals surface area (Å²) in [5.41, 5.74) is 12.0. The van der Waals surface area contributed by atoms with Crippen LogP contribution in [-0.2, 0) is 53.0 Å². The number of benzene rings is 5. The molecule has 0 amide bonds. The molecular formula is C61H71Cl3N6O14S. The van der Waals surface area contributed by atoms with Crippen LogP contribution in [0, 0.1) is 10.1 Å². The number of piperazine rings is 1. The molecule has 24 heteroatoms. The number of methoxy groups -OCH3 is 2. The van der Waals surface area contributed by atoms with Crippen molar-refractivity contribution in [3.8, 4) is 0 Å². The molecule has 1 fully saturated rings. The van der Waals surface area contributed by atoms with Crippen LogP contribution in [0.2, 0.25) is 5.02 Å². The molecule has 5 N–H and O–H groups in total. The Morgan fingerprint density at radius 3 is 1.69 bits per heavy atom.